The number of aromatic nitrogens is 3. The molecule has 0 fully saturated rings. The zero-order valence-corrected chi connectivity index (χ0v) is 19.0. The summed E-state index contributed by atoms with van der Waals surface area (Å²) in [7, 11) is 1.89. The van der Waals surface area contributed by atoms with Gasteiger partial charge in [-0.1, -0.05) is 18.2 Å². The number of ether oxygens (including phenoxy) is 1. The summed E-state index contributed by atoms with van der Waals surface area (Å²) in [6.07, 6.45) is 2.87. The molecule has 2 heterocycles. The molecule has 0 aliphatic carbocycles. The minimum absolute atomic E-state index is 0.0908. The maximum atomic E-state index is 13.9. The maximum absolute atomic E-state index is 13.9. The minimum Gasteiger partial charge on any atom is -0.459 e. The van der Waals surface area contributed by atoms with Gasteiger partial charge in [-0.25, -0.2) is 14.8 Å². The highest BCUT2D eigenvalue weighted by Gasteiger charge is 2.23. The smallest absolute Gasteiger partial charge is 0.342 e. The lowest BCUT2D eigenvalue weighted by Gasteiger charge is -2.13. The molecule has 9 nitrogen and oxygen atoms in total. The van der Waals surface area contributed by atoms with Gasteiger partial charge >= 0.3 is 11.7 Å². The Balaban J connectivity index is 1.85. The number of hydrogen-bond donors (Lipinski definition) is 1. The molecule has 4 aromatic rings. The monoisotopic (exact) mass is 463 g/mol. The molecule has 0 atom stereocenters. The Kier molecular flexibility index (Phi) is 5.97. The van der Waals surface area contributed by atoms with Crippen molar-refractivity contribution in [1.29, 1.82) is 0 Å². The van der Waals surface area contributed by atoms with Crippen molar-refractivity contribution in [2.24, 2.45) is 7.05 Å². The number of carbonyl (C=O) groups is 1. The van der Waals surface area contributed by atoms with Gasteiger partial charge in [0.1, 0.15) is 5.56 Å². The first kappa shape index (κ1) is 22.8. The predicted molar refractivity (Wildman–Crippen MR) is 126 cm³/mol. The van der Waals surface area contributed by atoms with Crippen molar-refractivity contribution < 1.29 is 18.8 Å². The number of fused-ring (bicyclic) bond motifs is 1. The number of carbonyl (C=O) groups excluding carboxylic acids is 1. The Hall–Kier alpha value is -4.34. The summed E-state index contributed by atoms with van der Waals surface area (Å²) in [4.78, 5) is 32.0. The quantitative estimate of drug-likeness (QED) is 0.235. The van der Waals surface area contributed by atoms with Crippen LogP contribution in [0.25, 0.3) is 22.2 Å². The molecule has 4 rings (SSSR count). The average molecular weight is 463 g/mol. The van der Waals surface area contributed by atoms with E-state index in [4.69, 9.17) is 4.74 Å². The summed E-state index contributed by atoms with van der Waals surface area (Å²) in [6.45, 7) is 5.10. The molecule has 2 aromatic carbocycles. The Morgan fingerprint density at radius 3 is 2.71 bits per heavy atom. The topological polar surface area (TPSA) is 112 Å². The molecule has 0 spiro atoms. The van der Waals surface area contributed by atoms with Crippen LogP contribution in [0.15, 0.2) is 48.8 Å². The number of hydrogen-bond acceptors (Lipinski definition) is 7. The van der Waals surface area contributed by atoms with Crippen LogP contribution < -0.4 is 5.32 Å². The number of nitrogens with zero attached hydrogens (tertiary/aromatic N) is 4. The molecule has 0 saturated carbocycles. The summed E-state index contributed by atoms with van der Waals surface area (Å²) in [5.74, 6) is -1.41. The van der Waals surface area contributed by atoms with Crippen molar-refractivity contribution in [3.8, 4) is 11.3 Å². The van der Waals surface area contributed by atoms with Crippen molar-refractivity contribution in [1.82, 2.24) is 14.5 Å². The van der Waals surface area contributed by atoms with E-state index in [-0.39, 0.29) is 23.3 Å². The minimum atomic E-state index is -0.933. The first-order valence-corrected chi connectivity index (χ1v) is 10.5. The summed E-state index contributed by atoms with van der Waals surface area (Å²) in [6, 6.07) is 9.83. The van der Waals surface area contributed by atoms with E-state index in [1.54, 1.807) is 20.8 Å². The van der Waals surface area contributed by atoms with Gasteiger partial charge in [-0.3, -0.25) is 10.1 Å². The predicted octanol–water partition coefficient (Wildman–Crippen LogP) is 5.30. The van der Waals surface area contributed by atoms with Crippen LogP contribution in [0, 0.1) is 22.9 Å². The Labute approximate surface area is 194 Å². The molecule has 1 N–H and O–H groups in total. The normalized spacial score (nSPS) is 11.1. The van der Waals surface area contributed by atoms with Crippen LogP contribution >= 0.6 is 0 Å². The van der Waals surface area contributed by atoms with Crippen LogP contribution in [0.2, 0.25) is 0 Å². The third-order valence-electron chi connectivity index (χ3n) is 5.24. The molecule has 0 aliphatic heterocycles. The van der Waals surface area contributed by atoms with Crippen LogP contribution in [0.4, 0.5) is 21.7 Å². The number of nitrogens with one attached hydrogen (secondary N) is 1. The number of aryl methyl sites for hydroxylation is 2. The number of nitro benzene ring substituents is 1. The van der Waals surface area contributed by atoms with Gasteiger partial charge in [0.15, 0.2) is 0 Å². The van der Waals surface area contributed by atoms with Crippen molar-refractivity contribution in [3.05, 3.63) is 75.9 Å². The van der Waals surface area contributed by atoms with E-state index >= 15 is 0 Å². The van der Waals surface area contributed by atoms with Crippen LogP contribution in [0.3, 0.4) is 0 Å². The molecule has 0 unspecified atom stereocenters. The van der Waals surface area contributed by atoms with Crippen LogP contribution in [-0.4, -0.2) is 31.5 Å². The number of nitro groups is 1. The lowest BCUT2D eigenvalue weighted by Crippen LogP contribution is -2.14. The first-order valence-electron chi connectivity index (χ1n) is 10.5. The highest BCUT2D eigenvalue weighted by atomic mass is 19.1. The molecule has 0 aliphatic rings. The second-order valence-electron chi connectivity index (χ2n) is 8.08. The summed E-state index contributed by atoms with van der Waals surface area (Å²) < 4.78 is 21.3. The van der Waals surface area contributed by atoms with E-state index in [0.29, 0.717) is 16.8 Å². The van der Waals surface area contributed by atoms with E-state index in [1.165, 1.54) is 6.20 Å². The molecular weight excluding hydrogens is 441 g/mol. The molecule has 34 heavy (non-hydrogen) atoms. The lowest BCUT2D eigenvalue weighted by atomic mass is 10.1. The van der Waals surface area contributed by atoms with Crippen molar-refractivity contribution >= 4 is 34.2 Å². The summed E-state index contributed by atoms with van der Waals surface area (Å²) >= 11 is 0. The molecule has 0 bridgehead atoms. The maximum Gasteiger partial charge on any atom is 0.342 e. The summed E-state index contributed by atoms with van der Waals surface area (Å²) in [5, 5.41) is 15.0. The van der Waals surface area contributed by atoms with E-state index in [0.717, 1.165) is 23.0 Å². The second kappa shape index (κ2) is 8.89. The molecular formula is C24H22FN5O4. The van der Waals surface area contributed by atoms with Gasteiger partial charge < -0.3 is 14.6 Å². The third kappa shape index (κ3) is 4.29. The largest absolute Gasteiger partial charge is 0.459 e. The van der Waals surface area contributed by atoms with E-state index in [1.807, 2.05) is 42.1 Å². The van der Waals surface area contributed by atoms with Gasteiger partial charge in [0.25, 0.3) is 0 Å². The van der Waals surface area contributed by atoms with Gasteiger partial charge in [-0.05, 0) is 38.5 Å². The Bertz CT molecular complexity index is 1430. The molecule has 174 valence electrons. The van der Waals surface area contributed by atoms with Gasteiger partial charge in [-0.2, -0.15) is 4.39 Å². The fourth-order valence-electron chi connectivity index (χ4n) is 3.66. The SMILES string of the molecule is Cc1cc(F)c([N+](=O)[O-])cc1Nc1ncc(C(=O)OC(C)C)c(-c2cn(C)c3ccccc23)n1. The Morgan fingerprint density at radius 2 is 2.00 bits per heavy atom. The molecule has 10 heteroatoms. The molecule has 0 radical (unpaired) electrons. The van der Waals surface area contributed by atoms with E-state index in [2.05, 4.69) is 15.3 Å². The standard InChI is InChI=1S/C24H22FN5O4/c1-13(2)34-23(31)16-11-26-24(27-19-10-21(30(32)33)18(25)9-14(19)3)28-22(16)17-12-29(4)20-8-6-5-7-15(17)20/h5-13H,1-4H3,(H,26,27,28). The lowest BCUT2D eigenvalue weighted by molar-refractivity contribution is -0.387. The first-order chi connectivity index (χ1) is 16.2. The fourth-order valence-corrected chi connectivity index (χ4v) is 3.66. The third-order valence-corrected chi connectivity index (χ3v) is 5.24. The number of benzene rings is 2. The van der Waals surface area contributed by atoms with Crippen molar-refractivity contribution in [3.63, 3.8) is 0 Å². The number of rotatable bonds is 6. The number of halogens is 1. The number of anilines is 2. The van der Waals surface area contributed by atoms with E-state index in [9.17, 15) is 19.3 Å². The van der Waals surface area contributed by atoms with E-state index < -0.39 is 22.4 Å². The van der Waals surface area contributed by atoms with Crippen molar-refractivity contribution in [2.45, 2.75) is 26.9 Å². The highest BCUT2D eigenvalue weighted by molar-refractivity contribution is 6.03. The van der Waals surface area contributed by atoms with Gasteiger partial charge in [0, 0.05) is 42.0 Å². The zero-order valence-electron chi connectivity index (χ0n) is 19.0. The number of esters is 1. The van der Waals surface area contributed by atoms with Crippen LogP contribution in [0.5, 0.6) is 0 Å². The highest BCUT2D eigenvalue weighted by Crippen LogP contribution is 2.33. The number of para-hydroxylation sites is 1. The molecule has 2 aromatic heterocycles. The average Bonchev–Trinajstić information content (AvgIpc) is 3.11. The second-order valence-corrected chi connectivity index (χ2v) is 8.08. The van der Waals surface area contributed by atoms with Gasteiger partial charge in [-0.15, -0.1) is 0 Å². The van der Waals surface area contributed by atoms with Crippen LogP contribution in [0.1, 0.15) is 29.8 Å². The molecule has 0 saturated heterocycles. The summed E-state index contributed by atoms with van der Waals surface area (Å²) in [5.41, 5.74) is 2.20. The van der Waals surface area contributed by atoms with Crippen LogP contribution in [-0.2, 0) is 11.8 Å². The van der Waals surface area contributed by atoms with Gasteiger partial charge in [0.05, 0.1) is 22.4 Å². The fraction of sp³-hybridized carbons (Fsp3) is 0.208. The molecule has 0 amide bonds. The van der Waals surface area contributed by atoms with Crippen molar-refractivity contribution in [2.75, 3.05) is 5.32 Å². The zero-order chi connectivity index (χ0) is 24.6. The van der Waals surface area contributed by atoms with Gasteiger partial charge in [0.2, 0.25) is 11.8 Å². The Morgan fingerprint density at radius 1 is 1.26 bits per heavy atom.